The molecule has 1 aromatic rings. The first kappa shape index (κ1) is 21.0. The second-order valence-corrected chi connectivity index (χ2v) is 6.89. The van der Waals surface area contributed by atoms with Crippen LogP contribution in [-0.2, 0) is 25.2 Å². The Morgan fingerprint density at radius 3 is 2.24 bits per heavy atom. The summed E-state index contributed by atoms with van der Waals surface area (Å²) in [6.45, 7) is 6.36. The van der Waals surface area contributed by atoms with E-state index in [0.717, 1.165) is 12.8 Å². The van der Waals surface area contributed by atoms with Gasteiger partial charge in [-0.25, -0.2) is 0 Å². The average Bonchev–Trinajstić information content (AvgIpc) is 2.74. The molecule has 0 aromatic heterocycles. The largest absolute Gasteiger partial charge is 1.00 e. The van der Waals surface area contributed by atoms with Crippen molar-refractivity contribution in [1.29, 1.82) is 0 Å². The number of halogens is 2. The summed E-state index contributed by atoms with van der Waals surface area (Å²) in [7, 11) is 0. The van der Waals surface area contributed by atoms with Gasteiger partial charge >= 0.3 is 128 Å². The van der Waals surface area contributed by atoms with Crippen molar-refractivity contribution in [2.45, 2.75) is 45.3 Å². The molecule has 1 atom stereocenters. The average molecular weight is 360 g/mol. The molecule has 0 N–H and O–H groups in total. The van der Waals surface area contributed by atoms with Crippen LogP contribution in [0, 0.1) is 0 Å². The Morgan fingerprint density at radius 2 is 1.76 bits per heavy atom. The predicted octanol–water partition coefficient (Wildman–Crippen LogP) is -1.30. The van der Waals surface area contributed by atoms with Crippen molar-refractivity contribution < 1.29 is 50.0 Å². The molecule has 0 saturated carbocycles. The van der Waals surface area contributed by atoms with E-state index in [1.54, 1.807) is 0 Å². The molecule has 21 heavy (non-hydrogen) atoms. The van der Waals surface area contributed by atoms with Crippen LogP contribution < -0.4 is 24.8 Å². The van der Waals surface area contributed by atoms with Crippen LogP contribution in [0.15, 0.2) is 51.9 Å². The van der Waals surface area contributed by atoms with Gasteiger partial charge in [-0.05, 0) is 0 Å². The number of hydrogen-bond acceptors (Lipinski definition) is 1. The normalized spacial score (nSPS) is 15.5. The molecule has 1 aliphatic rings. The molecule has 0 amide bonds. The van der Waals surface area contributed by atoms with Crippen LogP contribution in [0.3, 0.4) is 0 Å². The Morgan fingerprint density at radius 1 is 1.14 bits per heavy atom. The Balaban J connectivity index is 0.00000200. The Hall–Kier alpha value is -0.0457. The van der Waals surface area contributed by atoms with Gasteiger partial charge in [-0.1, -0.05) is 0 Å². The third-order valence-corrected chi connectivity index (χ3v) is 3.92. The van der Waals surface area contributed by atoms with E-state index in [9.17, 15) is 0 Å². The minimum Gasteiger partial charge on any atom is -1.00 e. The van der Waals surface area contributed by atoms with Crippen LogP contribution in [0.2, 0.25) is 0 Å². The summed E-state index contributed by atoms with van der Waals surface area (Å²) < 4.78 is 7.74. The maximum Gasteiger partial charge on any atom is -1.00 e. The van der Waals surface area contributed by atoms with Gasteiger partial charge in [-0.15, -0.1) is 0 Å². The third-order valence-electron chi connectivity index (χ3n) is 3.10. The monoisotopic (exact) mass is 359 g/mol. The molecule has 0 heterocycles. The molecule has 2 rings (SSSR count). The minimum absolute atomic E-state index is 0. The predicted molar refractivity (Wildman–Crippen MR) is 75.4 cm³/mol. The maximum absolute atomic E-state index is 6.27. The van der Waals surface area contributed by atoms with E-state index in [2.05, 4.69) is 83.7 Å². The van der Waals surface area contributed by atoms with Gasteiger partial charge in [0, 0.05) is 0 Å². The van der Waals surface area contributed by atoms with Gasteiger partial charge in [0.2, 0.25) is 0 Å². The second kappa shape index (κ2) is 9.17. The molecule has 1 aliphatic carbocycles. The van der Waals surface area contributed by atoms with Gasteiger partial charge in [0.1, 0.15) is 0 Å². The van der Waals surface area contributed by atoms with Crippen molar-refractivity contribution >= 4 is 0 Å². The van der Waals surface area contributed by atoms with Gasteiger partial charge in [0.05, 0.1) is 0 Å². The quantitative estimate of drug-likeness (QED) is 0.607. The fraction of sp³-hybridized carbons (Fsp3) is 0.412. The standard InChI is InChI=1S/C17H21O.2ClH.Ti/c1-17(2,3)18-16(13-14-9-7-8-10-14)15-11-5-4-6-12-15;;;/h4-7,9,11-12,16H,8,13H2,1-3H3;2*1H;/q;;;+2/p-2. The van der Waals surface area contributed by atoms with Crippen molar-refractivity contribution in [3.8, 4) is 0 Å². The van der Waals surface area contributed by atoms with E-state index in [1.807, 2.05) is 0 Å². The number of rotatable bonds is 4. The number of ether oxygens (including phenoxy) is 1. The third kappa shape index (κ3) is 6.71. The summed E-state index contributed by atoms with van der Waals surface area (Å²) in [5.41, 5.74) is 2.56. The van der Waals surface area contributed by atoms with Crippen molar-refractivity contribution in [3.05, 3.63) is 57.5 Å². The fourth-order valence-electron chi connectivity index (χ4n) is 2.26. The van der Waals surface area contributed by atoms with Crippen molar-refractivity contribution in [3.63, 3.8) is 0 Å². The van der Waals surface area contributed by atoms with Crippen LogP contribution in [0.25, 0.3) is 0 Å². The minimum atomic E-state index is -0.128. The first-order chi connectivity index (χ1) is 8.96. The smallest absolute Gasteiger partial charge is 1.00 e. The number of allylic oxidation sites excluding steroid dienone is 3. The molecule has 0 fully saturated rings. The summed E-state index contributed by atoms with van der Waals surface area (Å²) in [5.74, 6) is 0. The van der Waals surface area contributed by atoms with Crippen LogP contribution in [0.1, 0.15) is 45.3 Å². The van der Waals surface area contributed by atoms with Crippen LogP contribution >= 0.6 is 0 Å². The number of hydrogen-bond donors (Lipinski definition) is 0. The van der Waals surface area contributed by atoms with Gasteiger partial charge in [-0.3, -0.25) is 0 Å². The molecule has 1 unspecified atom stereocenters. The Kier molecular flexibility index (Phi) is 9.15. The molecule has 0 saturated heterocycles. The molecule has 0 aliphatic heterocycles. The van der Waals surface area contributed by atoms with E-state index in [4.69, 9.17) is 4.74 Å². The van der Waals surface area contributed by atoms with Crippen LogP contribution in [0.5, 0.6) is 0 Å². The summed E-state index contributed by atoms with van der Waals surface area (Å²) in [6, 6.07) is 10.5. The second-order valence-electron chi connectivity index (χ2n) is 5.94. The molecule has 0 spiro atoms. The summed E-state index contributed by atoms with van der Waals surface area (Å²) in [4.78, 5) is 0. The van der Waals surface area contributed by atoms with Gasteiger partial charge < -0.3 is 24.8 Å². The molecule has 4 heteroatoms. The first-order valence-electron chi connectivity index (χ1n) is 6.78. The summed E-state index contributed by atoms with van der Waals surface area (Å²) in [5, 5.41) is 0. The van der Waals surface area contributed by atoms with Crippen molar-refractivity contribution in [2.75, 3.05) is 0 Å². The van der Waals surface area contributed by atoms with Crippen molar-refractivity contribution in [1.82, 2.24) is 0 Å². The van der Waals surface area contributed by atoms with E-state index in [-0.39, 0.29) is 36.5 Å². The maximum atomic E-state index is 6.27. The first-order valence-corrected chi connectivity index (χ1v) is 7.57. The molecule has 0 bridgehead atoms. The van der Waals surface area contributed by atoms with Crippen LogP contribution in [-0.4, -0.2) is 5.60 Å². The zero-order valence-electron chi connectivity index (χ0n) is 12.7. The summed E-state index contributed by atoms with van der Waals surface area (Å²) in [6.07, 6.45) is 6.67. The van der Waals surface area contributed by atoms with Crippen molar-refractivity contribution in [2.24, 2.45) is 0 Å². The van der Waals surface area contributed by atoms with E-state index < -0.39 is 0 Å². The molecular weight excluding hydrogens is 339 g/mol. The van der Waals surface area contributed by atoms with Gasteiger partial charge in [0.25, 0.3) is 0 Å². The topological polar surface area (TPSA) is 9.23 Å². The molecular formula is C17H21Cl2OTi. The Labute approximate surface area is 152 Å². The Bertz CT molecular complexity index is 489. The zero-order chi connectivity index (χ0) is 13.9. The van der Waals surface area contributed by atoms with E-state index in [0.29, 0.717) is 0 Å². The SMILES string of the molecule is CC(C)(C)OC(CC1=[C]([Ti+2])CC=C1)c1ccccc1.[Cl-].[Cl-]. The van der Waals surface area contributed by atoms with Gasteiger partial charge in [0.15, 0.2) is 0 Å². The number of benzene rings is 1. The fourth-order valence-corrected chi connectivity index (χ4v) is 2.74. The van der Waals surface area contributed by atoms with Gasteiger partial charge in [-0.2, -0.15) is 0 Å². The van der Waals surface area contributed by atoms with E-state index >= 15 is 0 Å². The molecule has 1 aromatic carbocycles. The zero-order valence-corrected chi connectivity index (χ0v) is 15.8. The summed E-state index contributed by atoms with van der Waals surface area (Å²) >= 11 is 2.22. The van der Waals surface area contributed by atoms with Crippen LogP contribution in [0.4, 0.5) is 0 Å². The molecule has 1 nitrogen and oxygen atoms in total. The molecule has 0 radical (unpaired) electrons. The molecule has 113 valence electrons. The van der Waals surface area contributed by atoms with E-state index in [1.165, 1.54) is 15.0 Å².